The number of amides is 1. The van der Waals surface area contributed by atoms with E-state index in [4.69, 9.17) is 4.74 Å². The maximum atomic E-state index is 12.5. The number of nitrogens with one attached hydrogen (secondary N) is 1. The van der Waals surface area contributed by atoms with E-state index in [9.17, 15) is 4.79 Å². The van der Waals surface area contributed by atoms with Crippen LogP contribution in [-0.4, -0.2) is 12.5 Å². The Kier molecular flexibility index (Phi) is 5.80. The number of aryl methyl sites for hydroxylation is 2. The highest BCUT2D eigenvalue weighted by Crippen LogP contribution is 2.19. The molecule has 2 aromatic rings. The van der Waals surface area contributed by atoms with Crippen LogP contribution in [0.5, 0.6) is 5.75 Å². The summed E-state index contributed by atoms with van der Waals surface area (Å²) in [6.07, 6.45) is 0. The highest BCUT2D eigenvalue weighted by atomic mass is 16.5. The van der Waals surface area contributed by atoms with Crippen LogP contribution in [0, 0.1) is 13.8 Å². The topological polar surface area (TPSA) is 38.3 Å². The summed E-state index contributed by atoms with van der Waals surface area (Å²) in [5.41, 5.74) is 5.10. The third-order valence-electron chi connectivity index (χ3n) is 3.96. The first kappa shape index (κ1) is 17.8. The van der Waals surface area contributed by atoms with Crippen molar-refractivity contribution in [1.82, 2.24) is 5.32 Å². The highest BCUT2D eigenvalue weighted by molar-refractivity contribution is 5.94. The van der Waals surface area contributed by atoms with Gasteiger partial charge >= 0.3 is 0 Å². The molecule has 0 fully saturated rings. The van der Waals surface area contributed by atoms with E-state index in [0.717, 1.165) is 11.1 Å². The first-order chi connectivity index (χ1) is 11.4. The van der Waals surface area contributed by atoms with E-state index >= 15 is 0 Å². The van der Waals surface area contributed by atoms with Gasteiger partial charge in [-0.2, -0.15) is 0 Å². The van der Waals surface area contributed by atoms with Gasteiger partial charge < -0.3 is 10.1 Å². The van der Waals surface area contributed by atoms with Gasteiger partial charge in [0.2, 0.25) is 0 Å². The van der Waals surface area contributed by atoms with Crippen molar-refractivity contribution in [3.8, 4) is 5.75 Å². The Morgan fingerprint density at radius 1 is 1.17 bits per heavy atom. The number of benzene rings is 2. The lowest BCUT2D eigenvalue weighted by Crippen LogP contribution is -2.26. The smallest absolute Gasteiger partial charge is 0.251 e. The van der Waals surface area contributed by atoms with Crippen LogP contribution in [0.25, 0.3) is 0 Å². The lowest BCUT2D eigenvalue weighted by Gasteiger charge is -2.16. The van der Waals surface area contributed by atoms with Crippen LogP contribution >= 0.6 is 0 Å². The number of hydrogen-bond donors (Lipinski definition) is 1. The summed E-state index contributed by atoms with van der Waals surface area (Å²) in [5, 5.41) is 3.04. The summed E-state index contributed by atoms with van der Waals surface area (Å²) in [4.78, 5) is 12.5. The SMILES string of the molecule is C=C(C)COc1cccc(C(=O)N[C@H](C)c2ccc(C)c(C)c2)c1. The number of ether oxygens (including phenoxy) is 1. The molecule has 24 heavy (non-hydrogen) atoms. The molecule has 0 aromatic heterocycles. The zero-order chi connectivity index (χ0) is 17.7. The van der Waals surface area contributed by atoms with Crippen LogP contribution in [-0.2, 0) is 0 Å². The van der Waals surface area contributed by atoms with Crippen molar-refractivity contribution < 1.29 is 9.53 Å². The fraction of sp³-hybridized carbons (Fsp3) is 0.286. The number of carbonyl (C=O) groups is 1. The predicted molar refractivity (Wildman–Crippen MR) is 98.5 cm³/mol. The van der Waals surface area contributed by atoms with Crippen LogP contribution in [0.1, 0.15) is 46.9 Å². The zero-order valence-electron chi connectivity index (χ0n) is 14.8. The van der Waals surface area contributed by atoms with Gasteiger partial charge in [0.1, 0.15) is 12.4 Å². The van der Waals surface area contributed by atoms with Crippen LogP contribution in [0.4, 0.5) is 0 Å². The molecule has 0 radical (unpaired) electrons. The molecule has 1 atom stereocenters. The Balaban J connectivity index is 2.07. The van der Waals surface area contributed by atoms with Gasteiger partial charge in [-0.05, 0) is 68.2 Å². The van der Waals surface area contributed by atoms with Gasteiger partial charge in [-0.3, -0.25) is 4.79 Å². The molecule has 1 amide bonds. The monoisotopic (exact) mass is 323 g/mol. The fourth-order valence-corrected chi connectivity index (χ4v) is 2.33. The standard InChI is InChI=1S/C21H25NO2/c1-14(2)13-24-20-8-6-7-19(12-20)21(23)22-17(5)18-10-9-15(3)16(4)11-18/h6-12,17H,1,13H2,2-5H3,(H,22,23)/t17-/m1/s1. The third-order valence-corrected chi connectivity index (χ3v) is 3.96. The third kappa shape index (κ3) is 4.72. The first-order valence-corrected chi connectivity index (χ1v) is 8.12. The molecule has 126 valence electrons. The minimum absolute atomic E-state index is 0.0585. The van der Waals surface area contributed by atoms with Crippen molar-refractivity contribution >= 4 is 5.91 Å². The molecule has 1 N–H and O–H groups in total. The molecule has 0 aliphatic carbocycles. The maximum absolute atomic E-state index is 12.5. The highest BCUT2D eigenvalue weighted by Gasteiger charge is 2.12. The molecule has 0 saturated heterocycles. The fourth-order valence-electron chi connectivity index (χ4n) is 2.33. The van der Waals surface area contributed by atoms with Crippen molar-refractivity contribution in [2.24, 2.45) is 0 Å². The van der Waals surface area contributed by atoms with Crippen molar-refractivity contribution in [1.29, 1.82) is 0 Å². The van der Waals surface area contributed by atoms with E-state index in [1.54, 1.807) is 12.1 Å². The molecule has 3 heteroatoms. The van der Waals surface area contributed by atoms with E-state index in [0.29, 0.717) is 17.9 Å². The van der Waals surface area contributed by atoms with Gasteiger partial charge in [-0.15, -0.1) is 0 Å². The van der Waals surface area contributed by atoms with Crippen molar-refractivity contribution in [3.63, 3.8) is 0 Å². The molecule has 0 heterocycles. The molecule has 0 saturated carbocycles. The minimum Gasteiger partial charge on any atom is -0.489 e. The molecule has 3 nitrogen and oxygen atoms in total. The quantitative estimate of drug-likeness (QED) is 0.779. The van der Waals surface area contributed by atoms with E-state index in [1.807, 2.05) is 26.0 Å². The molecular formula is C21H25NO2. The number of carbonyl (C=O) groups excluding carboxylic acids is 1. The predicted octanol–water partition coefficient (Wildman–Crippen LogP) is 4.75. The van der Waals surface area contributed by atoms with E-state index < -0.39 is 0 Å². The Morgan fingerprint density at radius 2 is 1.92 bits per heavy atom. The zero-order valence-corrected chi connectivity index (χ0v) is 14.8. The van der Waals surface area contributed by atoms with Gasteiger partial charge in [0.25, 0.3) is 5.91 Å². The molecular weight excluding hydrogens is 298 g/mol. The molecule has 0 bridgehead atoms. The summed E-state index contributed by atoms with van der Waals surface area (Å²) in [5.74, 6) is 0.561. The minimum atomic E-state index is -0.110. The average molecular weight is 323 g/mol. The summed E-state index contributed by atoms with van der Waals surface area (Å²) < 4.78 is 5.60. The van der Waals surface area contributed by atoms with Gasteiger partial charge in [0.15, 0.2) is 0 Å². The second kappa shape index (κ2) is 7.82. The van der Waals surface area contributed by atoms with Gasteiger partial charge in [-0.25, -0.2) is 0 Å². The summed E-state index contributed by atoms with van der Waals surface area (Å²) in [7, 11) is 0. The molecule has 0 spiro atoms. The van der Waals surface area contributed by atoms with E-state index in [2.05, 4.69) is 43.9 Å². The van der Waals surface area contributed by atoms with Crippen LogP contribution in [0.15, 0.2) is 54.6 Å². The maximum Gasteiger partial charge on any atom is 0.251 e. The molecule has 0 aliphatic heterocycles. The van der Waals surface area contributed by atoms with Gasteiger partial charge in [-0.1, -0.05) is 30.8 Å². The van der Waals surface area contributed by atoms with Gasteiger partial charge in [0.05, 0.1) is 6.04 Å². The van der Waals surface area contributed by atoms with Crippen LogP contribution < -0.4 is 10.1 Å². The lowest BCUT2D eigenvalue weighted by molar-refractivity contribution is 0.0939. The van der Waals surface area contributed by atoms with E-state index in [-0.39, 0.29) is 11.9 Å². The Hall–Kier alpha value is -2.55. The normalized spacial score (nSPS) is 11.7. The second-order valence-electron chi connectivity index (χ2n) is 6.31. The summed E-state index contributed by atoms with van der Waals surface area (Å²) >= 11 is 0. The van der Waals surface area contributed by atoms with Crippen molar-refractivity contribution in [3.05, 3.63) is 76.9 Å². The largest absolute Gasteiger partial charge is 0.489 e. The Bertz CT molecular complexity index is 749. The molecule has 2 rings (SSSR count). The molecule has 2 aromatic carbocycles. The molecule has 0 aliphatic rings. The Labute approximate surface area is 144 Å². The number of rotatable bonds is 6. The van der Waals surface area contributed by atoms with Crippen molar-refractivity contribution in [2.45, 2.75) is 33.7 Å². The average Bonchev–Trinajstić information content (AvgIpc) is 2.55. The Morgan fingerprint density at radius 3 is 2.58 bits per heavy atom. The number of hydrogen-bond acceptors (Lipinski definition) is 2. The second-order valence-corrected chi connectivity index (χ2v) is 6.31. The van der Waals surface area contributed by atoms with Crippen molar-refractivity contribution in [2.75, 3.05) is 6.61 Å². The first-order valence-electron chi connectivity index (χ1n) is 8.12. The summed E-state index contributed by atoms with van der Waals surface area (Å²) in [6, 6.07) is 13.4. The lowest BCUT2D eigenvalue weighted by atomic mass is 10.0. The van der Waals surface area contributed by atoms with Crippen LogP contribution in [0.2, 0.25) is 0 Å². The molecule has 0 unspecified atom stereocenters. The van der Waals surface area contributed by atoms with E-state index in [1.165, 1.54) is 11.1 Å². The van der Waals surface area contributed by atoms with Gasteiger partial charge in [0, 0.05) is 5.56 Å². The van der Waals surface area contributed by atoms with Crippen LogP contribution in [0.3, 0.4) is 0 Å². The summed E-state index contributed by atoms with van der Waals surface area (Å²) in [6.45, 7) is 12.3.